The SMILES string of the molecule is CN1C(=O)/C(=C\c2ccc3c(c2)n(C)c(=O)n3C)SC1=Nc1cccc(Cl)c1. The molecule has 2 aromatic carbocycles. The first-order valence-corrected chi connectivity index (χ1v) is 9.72. The second-order valence-electron chi connectivity index (χ2n) is 6.50. The molecule has 1 amide bonds. The number of likely N-dealkylation sites (N-methyl/N-ethyl adjacent to an activating group) is 1. The highest BCUT2D eigenvalue weighted by Crippen LogP contribution is 2.33. The molecular formula is C20H17ClN4O2S. The number of benzene rings is 2. The number of nitrogens with zero attached hydrogens (tertiary/aromatic N) is 4. The first kappa shape index (κ1) is 18.6. The molecule has 3 aromatic rings. The van der Waals surface area contributed by atoms with Gasteiger partial charge in [0.05, 0.1) is 21.6 Å². The van der Waals surface area contributed by atoms with Gasteiger partial charge in [-0.25, -0.2) is 9.79 Å². The molecule has 1 aliphatic heterocycles. The van der Waals surface area contributed by atoms with Crippen molar-refractivity contribution in [1.82, 2.24) is 14.0 Å². The van der Waals surface area contributed by atoms with E-state index in [0.29, 0.717) is 20.8 Å². The van der Waals surface area contributed by atoms with Crippen molar-refractivity contribution < 1.29 is 4.79 Å². The van der Waals surface area contributed by atoms with Gasteiger partial charge in [0, 0.05) is 26.2 Å². The molecule has 0 N–H and O–H groups in total. The number of hydrogen-bond donors (Lipinski definition) is 0. The number of carbonyl (C=O) groups excluding carboxylic acids is 1. The van der Waals surface area contributed by atoms with Crippen LogP contribution in [0.4, 0.5) is 5.69 Å². The van der Waals surface area contributed by atoms with Crippen molar-refractivity contribution in [2.45, 2.75) is 0 Å². The number of halogens is 1. The Balaban J connectivity index is 1.70. The first-order chi connectivity index (χ1) is 13.3. The summed E-state index contributed by atoms with van der Waals surface area (Å²) in [6, 6.07) is 12.9. The topological polar surface area (TPSA) is 59.6 Å². The summed E-state index contributed by atoms with van der Waals surface area (Å²) in [7, 11) is 5.18. The highest BCUT2D eigenvalue weighted by atomic mass is 35.5. The van der Waals surface area contributed by atoms with Crippen LogP contribution in [0.15, 0.2) is 57.2 Å². The minimum atomic E-state index is -0.118. The Labute approximate surface area is 170 Å². The van der Waals surface area contributed by atoms with Crippen LogP contribution in [-0.2, 0) is 18.9 Å². The Bertz CT molecular complexity index is 1240. The summed E-state index contributed by atoms with van der Waals surface area (Å²) in [5.41, 5.74) is 3.12. The first-order valence-electron chi connectivity index (χ1n) is 8.52. The molecule has 6 nitrogen and oxygen atoms in total. The smallest absolute Gasteiger partial charge is 0.295 e. The highest BCUT2D eigenvalue weighted by molar-refractivity contribution is 8.18. The number of aryl methyl sites for hydroxylation is 2. The third-order valence-corrected chi connectivity index (χ3v) is 5.93. The van der Waals surface area contributed by atoms with Crippen molar-refractivity contribution in [3.63, 3.8) is 0 Å². The molecule has 2 heterocycles. The number of hydrogen-bond acceptors (Lipinski definition) is 4. The van der Waals surface area contributed by atoms with Crippen LogP contribution >= 0.6 is 23.4 Å². The zero-order valence-corrected chi connectivity index (χ0v) is 17.1. The molecule has 1 aromatic heterocycles. The van der Waals surface area contributed by atoms with E-state index in [9.17, 15) is 9.59 Å². The third-order valence-electron chi connectivity index (χ3n) is 4.63. The van der Waals surface area contributed by atoms with E-state index >= 15 is 0 Å². The van der Waals surface area contributed by atoms with E-state index in [1.54, 1.807) is 42.4 Å². The van der Waals surface area contributed by atoms with E-state index in [2.05, 4.69) is 4.99 Å². The number of amidine groups is 1. The van der Waals surface area contributed by atoms with E-state index < -0.39 is 0 Å². The summed E-state index contributed by atoms with van der Waals surface area (Å²) < 4.78 is 3.20. The average molecular weight is 413 g/mol. The lowest BCUT2D eigenvalue weighted by molar-refractivity contribution is -0.121. The molecule has 1 fully saturated rings. The van der Waals surface area contributed by atoms with Crippen molar-refractivity contribution in [2.24, 2.45) is 19.1 Å². The number of fused-ring (bicyclic) bond motifs is 1. The molecule has 0 radical (unpaired) electrons. The van der Waals surface area contributed by atoms with Crippen molar-refractivity contribution in [2.75, 3.05) is 7.05 Å². The molecule has 1 aliphatic rings. The fourth-order valence-corrected chi connectivity index (χ4v) is 4.24. The van der Waals surface area contributed by atoms with Gasteiger partial charge in [0.25, 0.3) is 5.91 Å². The Morgan fingerprint density at radius 1 is 1.00 bits per heavy atom. The normalized spacial score (nSPS) is 17.4. The van der Waals surface area contributed by atoms with Gasteiger partial charge in [-0.05, 0) is 53.7 Å². The maximum Gasteiger partial charge on any atom is 0.328 e. The van der Waals surface area contributed by atoms with Crippen LogP contribution in [0.1, 0.15) is 5.56 Å². The number of aliphatic imine (C=N–C) groups is 1. The van der Waals surface area contributed by atoms with Gasteiger partial charge in [-0.15, -0.1) is 0 Å². The van der Waals surface area contributed by atoms with Crippen molar-refractivity contribution in [1.29, 1.82) is 0 Å². The van der Waals surface area contributed by atoms with Gasteiger partial charge < -0.3 is 0 Å². The number of thioether (sulfide) groups is 1. The molecule has 142 valence electrons. The lowest BCUT2D eigenvalue weighted by atomic mass is 10.2. The van der Waals surface area contributed by atoms with E-state index in [-0.39, 0.29) is 11.6 Å². The highest BCUT2D eigenvalue weighted by Gasteiger charge is 2.30. The van der Waals surface area contributed by atoms with Gasteiger partial charge in [-0.2, -0.15) is 0 Å². The Kier molecular flexibility index (Phi) is 4.64. The number of rotatable bonds is 2. The van der Waals surface area contributed by atoms with Gasteiger partial charge in [-0.1, -0.05) is 23.7 Å². The fourth-order valence-electron chi connectivity index (χ4n) is 3.07. The van der Waals surface area contributed by atoms with Crippen LogP contribution in [-0.4, -0.2) is 32.2 Å². The van der Waals surface area contributed by atoms with E-state index in [0.717, 1.165) is 16.6 Å². The Morgan fingerprint density at radius 3 is 2.50 bits per heavy atom. The second-order valence-corrected chi connectivity index (χ2v) is 7.94. The van der Waals surface area contributed by atoms with Crippen LogP contribution in [0.5, 0.6) is 0 Å². The van der Waals surface area contributed by atoms with Crippen molar-refractivity contribution >= 4 is 57.2 Å². The molecule has 28 heavy (non-hydrogen) atoms. The quantitative estimate of drug-likeness (QED) is 0.602. The van der Waals surface area contributed by atoms with Gasteiger partial charge in [-0.3, -0.25) is 18.8 Å². The van der Waals surface area contributed by atoms with Crippen LogP contribution in [0.3, 0.4) is 0 Å². The standard InChI is InChI=1S/C20H17ClN4O2S/c1-23-15-8-7-12(9-16(15)24(2)20(23)27)10-17-18(26)25(3)19(28-17)22-14-6-4-5-13(21)11-14/h4-11H,1-3H3/b17-10+,22-19?. The summed E-state index contributed by atoms with van der Waals surface area (Å²) in [6.07, 6.45) is 1.82. The number of aromatic nitrogens is 2. The minimum Gasteiger partial charge on any atom is -0.295 e. The fraction of sp³-hybridized carbons (Fsp3) is 0.150. The lowest BCUT2D eigenvalue weighted by Crippen LogP contribution is -2.23. The monoisotopic (exact) mass is 412 g/mol. The van der Waals surface area contributed by atoms with Crippen molar-refractivity contribution in [3.8, 4) is 0 Å². The number of amides is 1. The third kappa shape index (κ3) is 3.16. The molecule has 0 spiro atoms. The van der Waals surface area contributed by atoms with Crippen LogP contribution in [0, 0.1) is 0 Å². The van der Waals surface area contributed by atoms with E-state index in [4.69, 9.17) is 11.6 Å². The molecule has 4 rings (SSSR count). The average Bonchev–Trinajstić information content (AvgIpc) is 3.05. The molecule has 0 saturated carbocycles. The minimum absolute atomic E-state index is 0.0817. The maximum atomic E-state index is 12.6. The maximum absolute atomic E-state index is 12.6. The van der Waals surface area contributed by atoms with Crippen LogP contribution in [0.25, 0.3) is 17.1 Å². The summed E-state index contributed by atoms with van der Waals surface area (Å²) in [5.74, 6) is -0.118. The van der Waals surface area contributed by atoms with Crippen LogP contribution < -0.4 is 5.69 Å². The molecule has 1 saturated heterocycles. The largest absolute Gasteiger partial charge is 0.328 e. The van der Waals surface area contributed by atoms with Crippen LogP contribution in [0.2, 0.25) is 5.02 Å². The molecule has 8 heteroatoms. The van der Waals surface area contributed by atoms with Gasteiger partial charge >= 0.3 is 5.69 Å². The lowest BCUT2D eigenvalue weighted by Gasteiger charge is -2.07. The summed E-state index contributed by atoms with van der Waals surface area (Å²) in [4.78, 5) is 31.4. The summed E-state index contributed by atoms with van der Waals surface area (Å²) in [6.45, 7) is 0. The zero-order valence-electron chi connectivity index (χ0n) is 15.5. The number of carbonyl (C=O) groups is 1. The predicted octanol–water partition coefficient (Wildman–Crippen LogP) is 3.76. The molecule has 0 atom stereocenters. The predicted molar refractivity (Wildman–Crippen MR) is 115 cm³/mol. The van der Waals surface area contributed by atoms with Gasteiger partial charge in [0.2, 0.25) is 0 Å². The van der Waals surface area contributed by atoms with E-state index in [1.165, 1.54) is 16.7 Å². The van der Waals surface area contributed by atoms with Gasteiger partial charge in [0.15, 0.2) is 5.17 Å². The van der Waals surface area contributed by atoms with Crippen molar-refractivity contribution in [3.05, 3.63) is 68.4 Å². The Hall–Kier alpha value is -2.77. The molecule has 0 bridgehead atoms. The van der Waals surface area contributed by atoms with Gasteiger partial charge in [0.1, 0.15) is 0 Å². The van der Waals surface area contributed by atoms with E-state index in [1.807, 2.05) is 36.4 Å². The summed E-state index contributed by atoms with van der Waals surface area (Å²) in [5, 5.41) is 1.18. The number of imidazole rings is 1. The Morgan fingerprint density at radius 2 is 1.75 bits per heavy atom. The zero-order chi connectivity index (χ0) is 20.0. The molecule has 0 aliphatic carbocycles. The second kappa shape index (κ2) is 7.00. The summed E-state index contributed by atoms with van der Waals surface area (Å²) >= 11 is 7.32. The molecular weight excluding hydrogens is 396 g/mol. The molecule has 0 unspecified atom stereocenters.